The molecule has 2 rings (SSSR count). The van der Waals surface area contributed by atoms with Crippen molar-refractivity contribution in [1.82, 2.24) is 19.6 Å². The van der Waals surface area contributed by atoms with Crippen LogP contribution in [0, 0.1) is 13.8 Å². The molecular weight excluding hydrogens is 192 g/mol. The highest BCUT2D eigenvalue weighted by Gasteiger charge is 2.08. The van der Waals surface area contributed by atoms with Gasteiger partial charge in [-0.05, 0) is 25.4 Å². The van der Waals surface area contributed by atoms with Gasteiger partial charge in [0.1, 0.15) is 10.8 Å². The second-order valence-corrected chi connectivity index (χ2v) is 4.21. The fourth-order valence-corrected chi connectivity index (χ4v) is 2.13. The summed E-state index contributed by atoms with van der Waals surface area (Å²) in [5.41, 5.74) is 0. The maximum absolute atomic E-state index is 4.21. The SMILES string of the molecule is Cc1nsc(-c2nnc(C)s2)n1. The van der Waals surface area contributed by atoms with Crippen LogP contribution in [-0.4, -0.2) is 19.6 Å². The molecule has 2 heterocycles. The van der Waals surface area contributed by atoms with Crippen LogP contribution in [0.3, 0.4) is 0 Å². The van der Waals surface area contributed by atoms with Crippen LogP contribution in [0.2, 0.25) is 0 Å². The first-order valence-electron chi connectivity index (χ1n) is 3.36. The smallest absolute Gasteiger partial charge is 0.178 e. The zero-order valence-electron chi connectivity index (χ0n) is 6.61. The van der Waals surface area contributed by atoms with Gasteiger partial charge in [0.2, 0.25) is 0 Å². The molecule has 0 aliphatic heterocycles. The molecule has 0 fully saturated rings. The summed E-state index contributed by atoms with van der Waals surface area (Å²) in [5, 5.41) is 10.6. The van der Waals surface area contributed by atoms with E-state index in [1.165, 1.54) is 22.9 Å². The van der Waals surface area contributed by atoms with Crippen LogP contribution in [0.5, 0.6) is 0 Å². The molecule has 0 atom stereocenters. The number of nitrogens with zero attached hydrogens (tertiary/aromatic N) is 4. The van der Waals surface area contributed by atoms with Gasteiger partial charge in [0, 0.05) is 0 Å². The van der Waals surface area contributed by atoms with Gasteiger partial charge in [0.15, 0.2) is 10.0 Å². The van der Waals surface area contributed by atoms with Gasteiger partial charge < -0.3 is 0 Å². The van der Waals surface area contributed by atoms with Gasteiger partial charge in [-0.25, -0.2) is 4.98 Å². The minimum atomic E-state index is 0.794. The van der Waals surface area contributed by atoms with E-state index in [-0.39, 0.29) is 0 Å². The highest BCUT2D eigenvalue weighted by atomic mass is 32.1. The van der Waals surface area contributed by atoms with E-state index < -0.39 is 0 Å². The standard InChI is InChI=1S/C6H6N4S2/c1-3-7-5(12-10-3)6-9-8-4(2)11-6/h1-2H3. The van der Waals surface area contributed by atoms with Gasteiger partial charge >= 0.3 is 0 Å². The summed E-state index contributed by atoms with van der Waals surface area (Å²) in [6, 6.07) is 0. The molecule has 0 unspecified atom stereocenters. The third-order valence-electron chi connectivity index (χ3n) is 1.24. The lowest BCUT2D eigenvalue weighted by molar-refractivity contribution is 1.05. The van der Waals surface area contributed by atoms with Crippen molar-refractivity contribution in [1.29, 1.82) is 0 Å². The Balaban J connectivity index is 2.43. The van der Waals surface area contributed by atoms with Gasteiger partial charge in [-0.1, -0.05) is 11.3 Å². The second kappa shape index (κ2) is 2.87. The third kappa shape index (κ3) is 1.35. The normalized spacial score (nSPS) is 10.5. The first kappa shape index (κ1) is 7.75. The Morgan fingerprint density at radius 2 is 1.92 bits per heavy atom. The fourth-order valence-electron chi connectivity index (χ4n) is 0.767. The number of rotatable bonds is 1. The molecule has 0 N–H and O–H groups in total. The van der Waals surface area contributed by atoms with Crippen molar-refractivity contribution < 1.29 is 0 Å². The fraction of sp³-hybridized carbons (Fsp3) is 0.333. The summed E-state index contributed by atoms with van der Waals surface area (Å²) >= 11 is 2.90. The van der Waals surface area contributed by atoms with E-state index in [1.54, 1.807) is 0 Å². The molecule has 6 heteroatoms. The Kier molecular flexibility index (Phi) is 1.86. The molecule has 2 aromatic rings. The number of hydrogen-bond acceptors (Lipinski definition) is 6. The van der Waals surface area contributed by atoms with E-state index >= 15 is 0 Å². The molecule has 0 saturated heterocycles. The highest BCUT2D eigenvalue weighted by Crippen LogP contribution is 2.23. The molecule has 0 aliphatic carbocycles. The van der Waals surface area contributed by atoms with Crippen molar-refractivity contribution in [2.75, 3.05) is 0 Å². The van der Waals surface area contributed by atoms with E-state index in [2.05, 4.69) is 19.6 Å². The van der Waals surface area contributed by atoms with Gasteiger partial charge in [0.05, 0.1) is 0 Å². The van der Waals surface area contributed by atoms with Crippen molar-refractivity contribution >= 4 is 22.9 Å². The van der Waals surface area contributed by atoms with Gasteiger partial charge in [0.25, 0.3) is 0 Å². The van der Waals surface area contributed by atoms with Crippen LogP contribution in [-0.2, 0) is 0 Å². The van der Waals surface area contributed by atoms with E-state index in [1.807, 2.05) is 13.8 Å². The summed E-state index contributed by atoms with van der Waals surface area (Å²) in [7, 11) is 0. The summed E-state index contributed by atoms with van der Waals surface area (Å²) in [5.74, 6) is 0.794. The third-order valence-corrected chi connectivity index (χ3v) is 3.02. The molecule has 2 aromatic heterocycles. The Labute approximate surface area is 77.5 Å². The molecule has 0 spiro atoms. The Bertz CT molecular complexity index is 353. The number of aromatic nitrogens is 4. The molecule has 62 valence electrons. The Morgan fingerprint density at radius 1 is 1.08 bits per heavy atom. The molecule has 0 amide bonds. The monoisotopic (exact) mass is 198 g/mol. The quantitative estimate of drug-likeness (QED) is 0.699. The Hall–Kier alpha value is -0.880. The number of hydrogen-bond donors (Lipinski definition) is 0. The lowest BCUT2D eigenvalue weighted by Gasteiger charge is -1.80. The van der Waals surface area contributed by atoms with Crippen LogP contribution < -0.4 is 0 Å². The first-order chi connectivity index (χ1) is 5.75. The summed E-state index contributed by atoms with van der Waals surface area (Å²) in [6.07, 6.45) is 0. The van der Waals surface area contributed by atoms with Gasteiger partial charge in [-0.3, -0.25) is 0 Å². The zero-order valence-corrected chi connectivity index (χ0v) is 8.24. The van der Waals surface area contributed by atoms with Gasteiger partial charge in [-0.15, -0.1) is 10.2 Å². The second-order valence-electron chi connectivity index (χ2n) is 2.27. The minimum absolute atomic E-state index is 0.794. The lowest BCUT2D eigenvalue weighted by Crippen LogP contribution is -1.75. The van der Waals surface area contributed by atoms with E-state index in [9.17, 15) is 0 Å². The minimum Gasteiger partial charge on any atom is -0.217 e. The largest absolute Gasteiger partial charge is 0.217 e. The molecule has 12 heavy (non-hydrogen) atoms. The van der Waals surface area contributed by atoms with E-state index in [0.717, 1.165) is 20.8 Å². The van der Waals surface area contributed by atoms with Gasteiger partial charge in [-0.2, -0.15) is 4.37 Å². The van der Waals surface area contributed by atoms with Crippen molar-refractivity contribution in [2.45, 2.75) is 13.8 Å². The topological polar surface area (TPSA) is 51.6 Å². The van der Waals surface area contributed by atoms with Crippen LogP contribution >= 0.6 is 22.9 Å². The van der Waals surface area contributed by atoms with Crippen LogP contribution in [0.1, 0.15) is 10.8 Å². The van der Waals surface area contributed by atoms with Crippen LogP contribution in [0.4, 0.5) is 0 Å². The summed E-state index contributed by atoms with van der Waals surface area (Å²) < 4.78 is 4.07. The predicted molar refractivity (Wildman–Crippen MR) is 48.3 cm³/mol. The molecule has 0 saturated carbocycles. The molecule has 0 aliphatic rings. The van der Waals surface area contributed by atoms with E-state index in [0.29, 0.717) is 0 Å². The summed E-state index contributed by atoms with van der Waals surface area (Å²) in [4.78, 5) is 4.21. The predicted octanol–water partition coefficient (Wildman–Crippen LogP) is 1.67. The maximum atomic E-state index is 4.21. The first-order valence-corrected chi connectivity index (χ1v) is 4.95. The molecular formula is C6H6N4S2. The molecule has 0 bridgehead atoms. The van der Waals surface area contributed by atoms with Crippen molar-refractivity contribution in [2.24, 2.45) is 0 Å². The van der Waals surface area contributed by atoms with Crippen LogP contribution in [0.25, 0.3) is 10.0 Å². The highest BCUT2D eigenvalue weighted by molar-refractivity contribution is 7.19. The number of aryl methyl sites for hydroxylation is 2. The van der Waals surface area contributed by atoms with Crippen molar-refractivity contribution in [3.05, 3.63) is 10.8 Å². The van der Waals surface area contributed by atoms with Crippen LogP contribution in [0.15, 0.2) is 0 Å². The van der Waals surface area contributed by atoms with Crippen molar-refractivity contribution in [3.63, 3.8) is 0 Å². The zero-order chi connectivity index (χ0) is 8.55. The summed E-state index contributed by atoms with van der Waals surface area (Å²) in [6.45, 7) is 3.79. The maximum Gasteiger partial charge on any atom is 0.178 e. The molecule has 0 aromatic carbocycles. The molecule has 4 nitrogen and oxygen atoms in total. The lowest BCUT2D eigenvalue weighted by atomic mass is 10.7. The van der Waals surface area contributed by atoms with Crippen molar-refractivity contribution in [3.8, 4) is 10.0 Å². The Morgan fingerprint density at radius 3 is 2.42 bits per heavy atom. The average molecular weight is 198 g/mol. The van der Waals surface area contributed by atoms with E-state index in [4.69, 9.17) is 0 Å². The molecule has 0 radical (unpaired) electrons. The average Bonchev–Trinajstić information content (AvgIpc) is 2.58.